The van der Waals surface area contributed by atoms with Gasteiger partial charge in [-0.1, -0.05) is 0 Å². The Morgan fingerprint density at radius 3 is 2.70 bits per heavy atom. The molecule has 0 unspecified atom stereocenters. The number of hydrogen-bond acceptors (Lipinski definition) is 5. The van der Waals surface area contributed by atoms with Crippen LogP contribution in [0.1, 0.15) is 16.9 Å². The Balaban J connectivity index is 1.68. The number of carbonyl (C=O) groups excluding carboxylic acids is 1. The predicted octanol–water partition coefficient (Wildman–Crippen LogP) is 4.03. The lowest BCUT2D eigenvalue weighted by Gasteiger charge is -2.17. The normalized spacial score (nSPS) is 10.8. The van der Waals surface area contributed by atoms with E-state index in [1.54, 1.807) is 23.3 Å². The van der Waals surface area contributed by atoms with Crippen LogP contribution in [-0.4, -0.2) is 39.7 Å². The zero-order valence-electron chi connectivity index (χ0n) is 15.6. The Kier molecular flexibility index (Phi) is 6.08. The summed E-state index contributed by atoms with van der Waals surface area (Å²) in [5.74, 6) is 1.57. The Labute approximate surface area is 167 Å². The van der Waals surface area contributed by atoms with Crippen molar-refractivity contribution in [3.8, 4) is 17.1 Å². The Morgan fingerprint density at radius 2 is 2.07 bits per heavy atom. The molecule has 0 fully saturated rings. The number of benzene rings is 1. The minimum Gasteiger partial charge on any atom is -0.497 e. The van der Waals surface area contributed by atoms with E-state index in [2.05, 4.69) is 28.6 Å². The highest BCUT2D eigenvalue weighted by atomic mass is 32.1. The molecule has 27 heavy (non-hydrogen) atoms. The molecule has 0 aliphatic rings. The number of nitrogens with one attached hydrogen (secondary N) is 1. The highest BCUT2D eigenvalue weighted by molar-refractivity contribution is 7.71. The zero-order valence-corrected chi connectivity index (χ0v) is 17.2. The second kappa shape index (κ2) is 8.49. The van der Waals surface area contributed by atoms with E-state index in [0.717, 1.165) is 11.3 Å². The standard InChI is InChI=1S/C19H22N4O2S2/c1-13-9-11-27-16(13)12-22(2)17(24)8-10-23-18(20-21-19(23)26)14-4-6-15(25-3)7-5-14/h4-7,9,11H,8,10,12H2,1-3H3,(H,21,26). The van der Waals surface area contributed by atoms with Gasteiger partial charge in [0.15, 0.2) is 10.6 Å². The van der Waals surface area contributed by atoms with Gasteiger partial charge in [-0.3, -0.25) is 14.5 Å². The third kappa shape index (κ3) is 4.45. The highest BCUT2D eigenvalue weighted by Crippen LogP contribution is 2.21. The van der Waals surface area contributed by atoms with Gasteiger partial charge in [0.05, 0.1) is 13.7 Å². The molecule has 3 aromatic rings. The Hall–Kier alpha value is -2.45. The third-order valence-corrected chi connectivity index (χ3v) is 5.75. The molecule has 0 aliphatic carbocycles. The lowest BCUT2D eigenvalue weighted by molar-refractivity contribution is -0.130. The van der Waals surface area contributed by atoms with Crippen molar-refractivity contribution in [2.45, 2.75) is 26.4 Å². The van der Waals surface area contributed by atoms with Gasteiger partial charge in [-0.05, 0) is 60.4 Å². The minimum absolute atomic E-state index is 0.0755. The number of thiophene rings is 1. The molecular weight excluding hydrogens is 380 g/mol. The topological polar surface area (TPSA) is 63.1 Å². The number of ether oxygens (including phenoxy) is 1. The van der Waals surface area contributed by atoms with Gasteiger partial charge in [0.2, 0.25) is 5.91 Å². The molecule has 0 atom stereocenters. The molecule has 1 N–H and O–H groups in total. The van der Waals surface area contributed by atoms with E-state index < -0.39 is 0 Å². The van der Waals surface area contributed by atoms with Crippen LogP contribution in [-0.2, 0) is 17.9 Å². The number of aromatic amines is 1. The second-order valence-corrected chi connectivity index (χ2v) is 7.65. The van der Waals surface area contributed by atoms with Crippen molar-refractivity contribution in [2.24, 2.45) is 0 Å². The predicted molar refractivity (Wildman–Crippen MR) is 110 cm³/mol. The summed E-state index contributed by atoms with van der Waals surface area (Å²) in [6.07, 6.45) is 0.359. The van der Waals surface area contributed by atoms with Crippen LogP contribution in [0.25, 0.3) is 11.4 Å². The van der Waals surface area contributed by atoms with Gasteiger partial charge in [-0.15, -0.1) is 11.3 Å². The summed E-state index contributed by atoms with van der Waals surface area (Å²) >= 11 is 7.02. The van der Waals surface area contributed by atoms with Crippen LogP contribution in [0.5, 0.6) is 5.75 Å². The molecule has 0 spiro atoms. The van der Waals surface area contributed by atoms with Gasteiger partial charge in [0, 0.05) is 30.5 Å². The maximum absolute atomic E-state index is 12.6. The number of rotatable bonds is 7. The van der Waals surface area contributed by atoms with E-state index in [4.69, 9.17) is 17.0 Å². The van der Waals surface area contributed by atoms with Crippen molar-refractivity contribution >= 4 is 29.5 Å². The van der Waals surface area contributed by atoms with E-state index in [1.807, 2.05) is 35.9 Å². The molecule has 2 heterocycles. The van der Waals surface area contributed by atoms with Crippen molar-refractivity contribution in [1.29, 1.82) is 0 Å². The largest absolute Gasteiger partial charge is 0.497 e. The van der Waals surface area contributed by atoms with Crippen LogP contribution in [0, 0.1) is 11.7 Å². The first kappa shape index (κ1) is 19.3. The number of nitrogens with zero attached hydrogens (tertiary/aromatic N) is 3. The molecule has 0 saturated carbocycles. The molecule has 142 valence electrons. The average molecular weight is 403 g/mol. The number of aryl methyl sites for hydroxylation is 1. The summed E-state index contributed by atoms with van der Waals surface area (Å²) in [4.78, 5) is 15.5. The monoisotopic (exact) mass is 402 g/mol. The van der Waals surface area contributed by atoms with Crippen LogP contribution < -0.4 is 4.74 Å². The first-order chi connectivity index (χ1) is 13.0. The van der Waals surface area contributed by atoms with Crippen LogP contribution in [0.4, 0.5) is 0 Å². The van der Waals surface area contributed by atoms with Crippen LogP contribution in [0.15, 0.2) is 35.7 Å². The van der Waals surface area contributed by atoms with Crippen molar-refractivity contribution < 1.29 is 9.53 Å². The molecule has 8 heteroatoms. The molecule has 0 saturated heterocycles. The summed E-state index contributed by atoms with van der Waals surface area (Å²) in [6.45, 7) is 3.17. The fourth-order valence-corrected chi connectivity index (χ4v) is 3.94. The van der Waals surface area contributed by atoms with Gasteiger partial charge in [-0.25, -0.2) is 0 Å². The van der Waals surface area contributed by atoms with E-state index in [-0.39, 0.29) is 5.91 Å². The maximum atomic E-state index is 12.6. The SMILES string of the molecule is COc1ccc(-c2n[nH]c(=S)n2CCC(=O)N(C)Cc2sccc2C)cc1. The van der Waals surface area contributed by atoms with Crippen LogP contribution in [0.2, 0.25) is 0 Å². The number of methoxy groups -OCH3 is 1. The molecule has 6 nitrogen and oxygen atoms in total. The summed E-state index contributed by atoms with van der Waals surface area (Å²) in [6, 6.07) is 9.67. The molecular formula is C19H22N4O2S2. The van der Waals surface area contributed by atoms with E-state index in [0.29, 0.717) is 30.1 Å². The number of carbonyl (C=O) groups is 1. The van der Waals surface area contributed by atoms with Gasteiger partial charge in [0.1, 0.15) is 5.75 Å². The first-order valence-corrected chi connectivity index (χ1v) is 9.85. The maximum Gasteiger partial charge on any atom is 0.224 e. The van der Waals surface area contributed by atoms with Crippen molar-refractivity contribution in [2.75, 3.05) is 14.2 Å². The fourth-order valence-electron chi connectivity index (χ4n) is 2.75. The Morgan fingerprint density at radius 1 is 1.33 bits per heavy atom. The van der Waals surface area contributed by atoms with Crippen LogP contribution in [0.3, 0.4) is 0 Å². The number of hydrogen-bond donors (Lipinski definition) is 1. The number of H-pyrrole nitrogens is 1. The van der Waals surface area contributed by atoms with Gasteiger partial charge >= 0.3 is 0 Å². The van der Waals surface area contributed by atoms with E-state index in [9.17, 15) is 4.79 Å². The van der Waals surface area contributed by atoms with Gasteiger partial charge in [0.25, 0.3) is 0 Å². The molecule has 1 amide bonds. The number of amides is 1. The second-order valence-electron chi connectivity index (χ2n) is 6.26. The molecule has 0 bridgehead atoms. The first-order valence-electron chi connectivity index (χ1n) is 8.56. The summed E-state index contributed by atoms with van der Waals surface area (Å²) in [5, 5.41) is 9.19. The summed E-state index contributed by atoms with van der Waals surface area (Å²) in [7, 11) is 3.46. The quantitative estimate of drug-likeness (QED) is 0.606. The molecule has 0 radical (unpaired) electrons. The fraction of sp³-hybridized carbons (Fsp3) is 0.316. The van der Waals surface area contributed by atoms with E-state index >= 15 is 0 Å². The average Bonchev–Trinajstić information content (AvgIpc) is 3.25. The lowest BCUT2D eigenvalue weighted by Crippen LogP contribution is -2.27. The van der Waals surface area contributed by atoms with Crippen LogP contribution >= 0.6 is 23.6 Å². The third-order valence-electron chi connectivity index (χ3n) is 4.43. The van der Waals surface area contributed by atoms with Crippen molar-refractivity contribution in [1.82, 2.24) is 19.7 Å². The molecule has 2 aromatic heterocycles. The van der Waals surface area contributed by atoms with E-state index in [1.165, 1.54) is 10.4 Å². The summed E-state index contributed by atoms with van der Waals surface area (Å²) < 4.78 is 7.56. The molecule has 0 aliphatic heterocycles. The Bertz CT molecular complexity index is 972. The minimum atomic E-state index is 0.0755. The zero-order chi connectivity index (χ0) is 19.4. The van der Waals surface area contributed by atoms with Gasteiger partial charge in [-0.2, -0.15) is 5.10 Å². The van der Waals surface area contributed by atoms with Crippen molar-refractivity contribution in [3.63, 3.8) is 0 Å². The lowest BCUT2D eigenvalue weighted by atomic mass is 10.2. The van der Waals surface area contributed by atoms with Gasteiger partial charge < -0.3 is 9.64 Å². The molecule has 3 rings (SSSR count). The number of aromatic nitrogens is 3. The molecule has 1 aromatic carbocycles. The highest BCUT2D eigenvalue weighted by Gasteiger charge is 2.14. The summed E-state index contributed by atoms with van der Waals surface area (Å²) in [5.41, 5.74) is 2.14. The van der Waals surface area contributed by atoms with Crippen molar-refractivity contribution in [3.05, 3.63) is 50.9 Å². The smallest absolute Gasteiger partial charge is 0.224 e.